The van der Waals surface area contributed by atoms with Crippen LogP contribution in [-0.4, -0.2) is 48.2 Å². The molecule has 0 aliphatic carbocycles. The highest BCUT2D eigenvalue weighted by Crippen LogP contribution is 2.21. The van der Waals surface area contributed by atoms with E-state index >= 15 is 0 Å². The fraction of sp³-hybridized carbons (Fsp3) is 0.692. The number of allylic oxidation sites excluding steroid dienone is 1. The standard InChI is InChI=1S/C12H18FNO3.CH4O/c1-12(2,3)17-11(16)14-6-4-5-9(7-14)10(13)8-15;1-2/h8H,4-7H2,1-3H3;2H,1H3/b10-9+;. The van der Waals surface area contributed by atoms with Gasteiger partial charge in [-0.15, -0.1) is 0 Å². The smallest absolute Gasteiger partial charge is 0.410 e. The van der Waals surface area contributed by atoms with Crippen molar-refractivity contribution in [1.29, 1.82) is 0 Å². The average Bonchev–Trinajstić information content (AvgIpc) is 2.38. The van der Waals surface area contributed by atoms with Crippen LogP contribution in [-0.2, 0) is 9.53 Å². The van der Waals surface area contributed by atoms with Crippen molar-refractivity contribution in [3.8, 4) is 0 Å². The Morgan fingerprint density at radius 1 is 1.42 bits per heavy atom. The number of hydrogen-bond acceptors (Lipinski definition) is 4. The molecule has 5 nitrogen and oxygen atoms in total. The second-order valence-corrected chi connectivity index (χ2v) is 5.07. The Balaban J connectivity index is 0.00000154. The highest BCUT2D eigenvalue weighted by molar-refractivity contribution is 5.73. The molecule has 0 aromatic heterocycles. The van der Waals surface area contributed by atoms with Crippen molar-refractivity contribution < 1.29 is 23.8 Å². The number of ether oxygens (including phenoxy) is 1. The van der Waals surface area contributed by atoms with Crippen molar-refractivity contribution in [2.24, 2.45) is 0 Å². The van der Waals surface area contributed by atoms with E-state index in [0.29, 0.717) is 25.0 Å². The molecule has 1 aliphatic heterocycles. The topological polar surface area (TPSA) is 66.8 Å². The number of carbonyl (C=O) groups is 2. The molecule has 1 N–H and O–H groups in total. The third kappa shape index (κ3) is 6.33. The van der Waals surface area contributed by atoms with Crippen molar-refractivity contribution in [2.45, 2.75) is 39.2 Å². The molecule has 1 saturated heterocycles. The molecule has 1 fully saturated rings. The summed E-state index contributed by atoms with van der Waals surface area (Å²) in [5, 5.41) is 7.00. The number of halogens is 1. The molecule has 6 heteroatoms. The van der Waals surface area contributed by atoms with E-state index in [9.17, 15) is 14.0 Å². The van der Waals surface area contributed by atoms with Crippen LogP contribution in [0.15, 0.2) is 11.4 Å². The highest BCUT2D eigenvalue weighted by atomic mass is 19.1. The lowest BCUT2D eigenvalue weighted by Crippen LogP contribution is -2.40. The molecular weight excluding hydrogens is 253 g/mol. The number of hydrogen-bond donors (Lipinski definition) is 1. The summed E-state index contributed by atoms with van der Waals surface area (Å²) in [4.78, 5) is 23.5. The molecule has 1 rings (SSSR count). The maximum absolute atomic E-state index is 13.1. The zero-order chi connectivity index (χ0) is 15.1. The van der Waals surface area contributed by atoms with Crippen LogP contribution in [0.1, 0.15) is 33.6 Å². The van der Waals surface area contributed by atoms with E-state index in [-0.39, 0.29) is 12.8 Å². The van der Waals surface area contributed by atoms with Crippen LogP contribution >= 0.6 is 0 Å². The molecule has 0 aromatic carbocycles. The van der Waals surface area contributed by atoms with Crippen LogP contribution in [0.25, 0.3) is 0 Å². The molecule has 19 heavy (non-hydrogen) atoms. The lowest BCUT2D eigenvalue weighted by Gasteiger charge is -2.31. The fourth-order valence-corrected chi connectivity index (χ4v) is 1.63. The number of aldehydes is 1. The first-order valence-corrected chi connectivity index (χ1v) is 6.09. The van der Waals surface area contributed by atoms with Crippen LogP contribution in [0, 0.1) is 0 Å². The predicted octanol–water partition coefficient (Wildman–Crippen LogP) is 2.05. The number of nitrogens with zero attached hydrogens (tertiary/aromatic N) is 1. The molecular formula is C13H22FNO4. The van der Waals surface area contributed by atoms with Gasteiger partial charge in [-0.25, -0.2) is 9.18 Å². The summed E-state index contributed by atoms with van der Waals surface area (Å²) in [6, 6.07) is 0. The maximum Gasteiger partial charge on any atom is 0.410 e. The Labute approximate surface area is 113 Å². The second kappa shape index (κ2) is 7.89. The van der Waals surface area contributed by atoms with Gasteiger partial charge in [-0.1, -0.05) is 0 Å². The molecule has 0 radical (unpaired) electrons. The molecule has 0 aromatic rings. The Hall–Kier alpha value is -1.43. The SMILES string of the molecule is CC(C)(C)OC(=O)N1CCC/C(=C(\F)C=O)C1.CO. The van der Waals surface area contributed by atoms with E-state index in [1.54, 1.807) is 20.8 Å². The summed E-state index contributed by atoms with van der Waals surface area (Å²) in [5.74, 6) is -0.766. The normalized spacial score (nSPS) is 18.1. The van der Waals surface area contributed by atoms with E-state index in [4.69, 9.17) is 9.84 Å². The molecule has 0 atom stereocenters. The van der Waals surface area contributed by atoms with E-state index in [1.807, 2.05) is 0 Å². The van der Waals surface area contributed by atoms with Gasteiger partial charge in [-0.2, -0.15) is 0 Å². The molecule has 0 saturated carbocycles. The third-order valence-corrected chi connectivity index (χ3v) is 2.38. The number of piperidine rings is 1. The lowest BCUT2D eigenvalue weighted by atomic mass is 10.0. The summed E-state index contributed by atoms with van der Waals surface area (Å²) < 4.78 is 18.3. The zero-order valence-electron chi connectivity index (χ0n) is 11.9. The minimum atomic E-state index is -0.766. The average molecular weight is 275 g/mol. The summed E-state index contributed by atoms with van der Waals surface area (Å²) >= 11 is 0. The first kappa shape index (κ1) is 17.6. The van der Waals surface area contributed by atoms with Crippen LogP contribution in [0.3, 0.4) is 0 Å². The monoisotopic (exact) mass is 275 g/mol. The van der Waals surface area contributed by atoms with Gasteiger partial charge in [-0.3, -0.25) is 4.79 Å². The van der Waals surface area contributed by atoms with Gasteiger partial charge in [0.1, 0.15) is 5.60 Å². The van der Waals surface area contributed by atoms with Crippen molar-refractivity contribution >= 4 is 12.4 Å². The first-order chi connectivity index (χ1) is 8.83. The number of amides is 1. The Morgan fingerprint density at radius 2 is 2.00 bits per heavy atom. The minimum absolute atomic E-state index is 0.138. The summed E-state index contributed by atoms with van der Waals surface area (Å²) in [6.45, 7) is 6.00. The van der Waals surface area contributed by atoms with Crippen LogP contribution in [0.2, 0.25) is 0 Å². The molecule has 0 bridgehead atoms. The molecule has 1 aliphatic rings. The number of aliphatic hydroxyl groups is 1. The van der Waals surface area contributed by atoms with Crippen molar-refractivity contribution in [1.82, 2.24) is 4.90 Å². The van der Waals surface area contributed by atoms with Crippen molar-refractivity contribution in [3.63, 3.8) is 0 Å². The molecule has 0 unspecified atom stereocenters. The number of aliphatic hydroxyl groups excluding tert-OH is 1. The molecule has 0 spiro atoms. The first-order valence-electron chi connectivity index (χ1n) is 6.09. The lowest BCUT2D eigenvalue weighted by molar-refractivity contribution is -0.106. The van der Waals surface area contributed by atoms with Crippen molar-refractivity contribution in [3.05, 3.63) is 11.4 Å². The van der Waals surface area contributed by atoms with Crippen LogP contribution < -0.4 is 0 Å². The Morgan fingerprint density at radius 3 is 2.47 bits per heavy atom. The second-order valence-electron chi connectivity index (χ2n) is 5.07. The predicted molar refractivity (Wildman–Crippen MR) is 69.4 cm³/mol. The molecule has 1 heterocycles. The van der Waals surface area contributed by atoms with Gasteiger partial charge >= 0.3 is 6.09 Å². The number of carbonyl (C=O) groups excluding carboxylic acids is 2. The number of rotatable bonds is 1. The number of likely N-dealkylation sites (tertiary alicyclic amines) is 1. The van der Waals surface area contributed by atoms with Gasteiger partial charge < -0.3 is 14.7 Å². The summed E-state index contributed by atoms with van der Waals surface area (Å²) in [6.07, 6.45) is 0.890. The third-order valence-electron chi connectivity index (χ3n) is 2.38. The summed E-state index contributed by atoms with van der Waals surface area (Å²) in [7, 11) is 1.00. The van der Waals surface area contributed by atoms with Gasteiger partial charge in [0.2, 0.25) is 0 Å². The van der Waals surface area contributed by atoms with Gasteiger partial charge in [-0.05, 0) is 39.2 Å². The Kier molecular flexibility index (Phi) is 7.29. The van der Waals surface area contributed by atoms with E-state index < -0.39 is 17.5 Å². The summed E-state index contributed by atoms with van der Waals surface area (Å²) in [5.41, 5.74) is -0.196. The maximum atomic E-state index is 13.1. The zero-order valence-corrected chi connectivity index (χ0v) is 11.9. The largest absolute Gasteiger partial charge is 0.444 e. The highest BCUT2D eigenvalue weighted by Gasteiger charge is 2.26. The molecule has 110 valence electrons. The van der Waals surface area contributed by atoms with E-state index in [0.717, 1.165) is 7.11 Å². The van der Waals surface area contributed by atoms with Gasteiger partial charge in [0.15, 0.2) is 12.1 Å². The van der Waals surface area contributed by atoms with Crippen molar-refractivity contribution in [2.75, 3.05) is 20.2 Å². The van der Waals surface area contributed by atoms with Crippen LogP contribution in [0.4, 0.5) is 9.18 Å². The minimum Gasteiger partial charge on any atom is -0.444 e. The van der Waals surface area contributed by atoms with E-state index in [1.165, 1.54) is 4.90 Å². The van der Waals surface area contributed by atoms with E-state index in [2.05, 4.69) is 0 Å². The fourth-order valence-electron chi connectivity index (χ4n) is 1.63. The molecule has 1 amide bonds. The quantitative estimate of drug-likeness (QED) is 0.587. The van der Waals surface area contributed by atoms with Gasteiger partial charge in [0.05, 0.1) is 0 Å². The Bertz CT molecular complexity index is 347. The van der Waals surface area contributed by atoms with Gasteiger partial charge in [0, 0.05) is 20.2 Å². The van der Waals surface area contributed by atoms with Crippen LogP contribution in [0.5, 0.6) is 0 Å². The van der Waals surface area contributed by atoms with Gasteiger partial charge in [0.25, 0.3) is 0 Å².